The first kappa shape index (κ1) is 10.2. The van der Waals surface area contributed by atoms with Crippen LogP contribution < -0.4 is 0 Å². The number of benzene rings is 1. The Hall–Kier alpha value is -1.35. The zero-order chi connectivity index (χ0) is 10.8. The summed E-state index contributed by atoms with van der Waals surface area (Å²) in [5.74, 6) is 0.469. The zero-order valence-electron chi connectivity index (χ0n) is 8.13. The van der Waals surface area contributed by atoms with Crippen molar-refractivity contribution in [3.63, 3.8) is 0 Å². The third-order valence-electron chi connectivity index (χ3n) is 2.09. The second-order valence-corrected chi connectivity index (χ2v) is 3.56. The van der Waals surface area contributed by atoms with Crippen LogP contribution in [0.3, 0.4) is 0 Å². The lowest BCUT2D eigenvalue weighted by molar-refractivity contribution is 0.396. The topological polar surface area (TPSA) is 26.0 Å². The monoisotopic (exact) mass is 225 g/mol. The van der Waals surface area contributed by atoms with E-state index in [1.54, 1.807) is 12.1 Å². The van der Waals surface area contributed by atoms with Gasteiger partial charge in [0.05, 0.1) is 5.88 Å². The summed E-state index contributed by atoms with van der Waals surface area (Å²) in [6.07, 6.45) is 0. The van der Waals surface area contributed by atoms with E-state index in [9.17, 15) is 4.39 Å². The van der Waals surface area contributed by atoms with E-state index < -0.39 is 0 Å². The minimum absolute atomic E-state index is 0.237. The van der Waals surface area contributed by atoms with Crippen LogP contribution in [0, 0.1) is 12.7 Å². The highest BCUT2D eigenvalue weighted by Crippen LogP contribution is 2.23. The van der Waals surface area contributed by atoms with Crippen molar-refractivity contribution in [1.82, 2.24) is 5.16 Å². The van der Waals surface area contributed by atoms with Gasteiger partial charge in [0.2, 0.25) is 0 Å². The van der Waals surface area contributed by atoms with Crippen LogP contribution in [0.2, 0.25) is 0 Å². The Morgan fingerprint density at radius 3 is 2.80 bits per heavy atom. The van der Waals surface area contributed by atoms with Crippen molar-refractivity contribution in [2.75, 3.05) is 0 Å². The average molecular weight is 226 g/mol. The van der Waals surface area contributed by atoms with Crippen molar-refractivity contribution in [3.8, 4) is 11.3 Å². The normalized spacial score (nSPS) is 10.6. The molecule has 0 N–H and O–H groups in total. The van der Waals surface area contributed by atoms with Gasteiger partial charge in [-0.25, -0.2) is 4.39 Å². The molecule has 0 saturated heterocycles. The molecular formula is C11H9ClFNO. The molecule has 1 heterocycles. The van der Waals surface area contributed by atoms with E-state index in [0.717, 1.165) is 5.56 Å². The number of halogens is 2. The molecule has 0 radical (unpaired) electrons. The van der Waals surface area contributed by atoms with Gasteiger partial charge < -0.3 is 4.52 Å². The highest BCUT2D eigenvalue weighted by atomic mass is 35.5. The van der Waals surface area contributed by atoms with Gasteiger partial charge in [-0.15, -0.1) is 11.6 Å². The van der Waals surface area contributed by atoms with Crippen LogP contribution in [-0.2, 0) is 5.88 Å². The number of rotatable bonds is 2. The van der Waals surface area contributed by atoms with Crippen LogP contribution in [0.15, 0.2) is 28.8 Å². The SMILES string of the molecule is Cc1ccc(-c2cc(CCl)on2)c(F)c1. The lowest BCUT2D eigenvalue weighted by Gasteiger charge is -1.98. The Balaban J connectivity index is 2.44. The van der Waals surface area contributed by atoms with E-state index in [1.807, 2.05) is 13.0 Å². The van der Waals surface area contributed by atoms with Gasteiger partial charge in [-0.2, -0.15) is 0 Å². The molecule has 0 unspecified atom stereocenters. The van der Waals surface area contributed by atoms with E-state index in [-0.39, 0.29) is 11.7 Å². The molecule has 0 aliphatic heterocycles. The third kappa shape index (κ3) is 2.02. The van der Waals surface area contributed by atoms with Gasteiger partial charge in [-0.1, -0.05) is 11.2 Å². The molecule has 0 aliphatic rings. The maximum atomic E-state index is 13.5. The van der Waals surface area contributed by atoms with Crippen molar-refractivity contribution in [1.29, 1.82) is 0 Å². The molecule has 0 aliphatic carbocycles. The lowest BCUT2D eigenvalue weighted by Crippen LogP contribution is -1.85. The third-order valence-corrected chi connectivity index (χ3v) is 2.35. The molecule has 0 atom stereocenters. The molecule has 0 saturated carbocycles. The Morgan fingerprint density at radius 2 is 2.20 bits per heavy atom. The molecule has 78 valence electrons. The van der Waals surface area contributed by atoms with Crippen molar-refractivity contribution in [2.45, 2.75) is 12.8 Å². The fourth-order valence-electron chi connectivity index (χ4n) is 1.33. The molecule has 0 amide bonds. The minimum Gasteiger partial charge on any atom is -0.359 e. The van der Waals surface area contributed by atoms with Crippen LogP contribution in [-0.4, -0.2) is 5.16 Å². The number of aryl methyl sites for hydroxylation is 1. The summed E-state index contributed by atoms with van der Waals surface area (Å²) in [4.78, 5) is 0. The van der Waals surface area contributed by atoms with E-state index in [1.165, 1.54) is 6.07 Å². The fourth-order valence-corrected chi connectivity index (χ4v) is 1.46. The van der Waals surface area contributed by atoms with Crippen molar-refractivity contribution >= 4 is 11.6 Å². The quantitative estimate of drug-likeness (QED) is 0.731. The lowest BCUT2D eigenvalue weighted by atomic mass is 10.1. The molecule has 1 aromatic heterocycles. The summed E-state index contributed by atoms with van der Waals surface area (Å²) in [5, 5.41) is 3.75. The second kappa shape index (κ2) is 4.03. The zero-order valence-corrected chi connectivity index (χ0v) is 8.88. The fraction of sp³-hybridized carbons (Fsp3) is 0.182. The van der Waals surface area contributed by atoms with Gasteiger partial charge in [0, 0.05) is 11.6 Å². The summed E-state index contributed by atoms with van der Waals surface area (Å²) >= 11 is 5.57. The van der Waals surface area contributed by atoms with Crippen LogP contribution in [0.5, 0.6) is 0 Å². The summed E-state index contributed by atoms with van der Waals surface area (Å²) in [5.41, 5.74) is 1.78. The Bertz CT molecular complexity index is 481. The molecule has 2 rings (SSSR count). The van der Waals surface area contributed by atoms with E-state index >= 15 is 0 Å². The Labute approximate surface area is 91.7 Å². The predicted molar refractivity (Wildman–Crippen MR) is 56.2 cm³/mol. The molecule has 1 aromatic carbocycles. The minimum atomic E-state index is -0.301. The van der Waals surface area contributed by atoms with Crippen molar-refractivity contribution < 1.29 is 8.91 Å². The Morgan fingerprint density at radius 1 is 1.40 bits per heavy atom. The largest absolute Gasteiger partial charge is 0.359 e. The van der Waals surface area contributed by atoms with Gasteiger partial charge in [0.1, 0.15) is 11.5 Å². The smallest absolute Gasteiger partial charge is 0.152 e. The average Bonchev–Trinajstić information content (AvgIpc) is 2.66. The van der Waals surface area contributed by atoms with Crippen molar-refractivity contribution in [2.24, 2.45) is 0 Å². The number of hydrogen-bond donors (Lipinski definition) is 0. The first-order valence-electron chi connectivity index (χ1n) is 4.49. The molecule has 0 bridgehead atoms. The van der Waals surface area contributed by atoms with Gasteiger partial charge in [-0.05, 0) is 24.6 Å². The molecule has 15 heavy (non-hydrogen) atoms. The highest BCUT2D eigenvalue weighted by molar-refractivity contribution is 6.16. The van der Waals surface area contributed by atoms with Crippen LogP contribution >= 0.6 is 11.6 Å². The second-order valence-electron chi connectivity index (χ2n) is 3.30. The summed E-state index contributed by atoms with van der Waals surface area (Å²) in [7, 11) is 0. The van der Waals surface area contributed by atoms with Gasteiger partial charge >= 0.3 is 0 Å². The molecule has 0 spiro atoms. The van der Waals surface area contributed by atoms with E-state index in [0.29, 0.717) is 17.0 Å². The molecular weight excluding hydrogens is 217 g/mol. The maximum absolute atomic E-state index is 13.5. The predicted octanol–water partition coefficient (Wildman–Crippen LogP) is 3.53. The van der Waals surface area contributed by atoms with Gasteiger partial charge in [0.15, 0.2) is 5.76 Å². The highest BCUT2D eigenvalue weighted by Gasteiger charge is 2.10. The standard InChI is InChI=1S/C11H9ClFNO/c1-7-2-3-9(10(13)4-7)11-5-8(6-12)15-14-11/h2-5H,6H2,1H3. The van der Waals surface area contributed by atoms with Crippen molar-refractivity contribution in [3.05, 3.63) is 41.4 Å². The molecule has 2 nitrogen and oxygen atoms in total. The summed E-state index contributed by atoms with van der Waals surface area (Å²) in [6.45, 7) is 1.83. The van der Waals surface area contributed by atoms with Crippen LogP contribution in [0.25, 0.3) is 11.3 Å². The summed E-state index contributed by atoms with van der Waals surface area (Å²) < 4.78 is 18.4. The number of alkyl halides is 1. The van der Waals surface area contributed by atoms with Gasteiger partial charge in [-0.3, -0.25) is 0 Å². The first-order valence-corrected chi connectivity index (χ1v) is 5.02. The Kier molecular flexibility index (Phi) is 2.73. The van der Waals surface area contributed by atoms with Crippen LogP contribution in [0.4, 0.5) is 4.39 Å². The number of nitrogens with zero attached hydrogens (tertiary/aromatic N) is 1. The molecule has 4 heteroatoms. The summed E-state index contributed by atoms with van der Waals surface area (Å²) in [6, 6.07) is 6.61. The van der Waals surface area contributed by atoms with E-state index in [4.69, 9.17) is 16.1 Å². The van der Waals surface area contributed by atoms with E-state index in [2.05, 4.69) is 5.16 Å². The first-order chi connectivity index (χ1) is 7.20. The number of aromatic nitrogens is 1. The molecule has 2 aromatic rings. The maximum Gasteiger partial charge on any atom is 0.152 e. The van der Waals surface area contributed by atoms with Crippen LogP contribution in [0.1, 0.15) is 11.3 Å². The van der Waals surface area contributed by atoms with Gasteiger partial charge in [0.25, 0.3) is 0 Å². The molecule has 0 fully saturated rings. The number of hydrogen-bond acceptors (Lipinski definition) is 2.